The molecule has 0 aliphatic rings. The highest BCUT2D eigenvalue weighted by molar-refractivity contribution is 6.13. The van der Waals surface area contributed by atoms with E-state index < -0.39 is 11.7 Å². The second-order valence-corrected chi connectivity index (χ2v) is 7.18. The predicted molar refractivity (Wildman–Crippen MR) is 103 cm³/mol. The fraction of sp³-hybridized carbons (Fsp3) is 0.238. The van der Waals surface area contributed by atoms with Gasteiger partial charge in [0.15, 0.2) is 0 Å². The summed E-state index contributed by atoms with van der Waals surface area (Å²) in [6.07, 6.45) is -0.526. The molecule has 5 nitrogen and oxygen atoms in total. The molecule has 0 aliphatic heterocycles. The average Bonchev–Trinajstić information content (AvgIpc) is 2.91. The molecule has 3 aromatic rings. The zero-order valence-corrected chi connectivity index (χ0v) is 15.3. The molecule has 5 heteroatoms. The number of ketones is 1. The lowest BCUT2D eigenvalue weighted by atomic mass is 10.0. The van der Waals surface area contributed by atoms with E-state index in [-0.39, 0.29) is 5.78 Å². The number of hydrogen-bond donors (Lipinski definition) is 2. The maximum Gasteiger partial charge on any atom is 0.412 e. The summed E-state index contributed by atoms with van der Waals surface area (Å²) in [5.74, 6) is -0.0810. The summed E-state index contributed by atoms with van der Waals surface area (Å²) in [6, 6.07) is 14.6. The van der Waals surface area contributed by atoms with Crippen LogP contribution in [0.25, 0.3) is 10.9 Å². The maximum atomic E-state index is 12.8. The minimum atomic E-state index is -0.584. The van der Waals surface area contributed by atoms with Crippen molar-refractivity contribution in [1.82, 2.24) is 4.98 Å². The Kier molecular flexibility index (Phi) is 4.55. The Bertz CT molecular complexity index is 966. The Morgan fingerprint density at radius 2 is 1.69 bits per heavy atom. The number of carbonyl (C=O) groups is 2. The van der Waals surface area contributed by atoms with Crippen molar-refractivity contribution in [3.8, 4) is 0 Å². The van der Waals surface area contributed by atoms with Crippen molar-refractivity contribution in [2.24, 2.45) is 0 Å². The molecule has 2 aromatic carbocycles. The number of anilines is 1. The number of carbonyl (C=O) groups excluding carboxylic acids is 2. The minimum absolute atomic E-state index is 0.0810. The van der Waals surface area contributed by atoms with Crippen LogP contribution in [0, 0.1) is 6.92 Å². The summed E-state index contributed by atoms with van der Waals surface area (Å²) in [7, 11) is 0. The van der Waals surface area contributed by atoms with Gasteiger partial charge >= 0.3 is 6.09 Å². The van der Waals surface area contributed by atoms with Crippen LogP contribution in [0.4, 0.5) is 10.5 Å². The molecule has 0 saturated heterocycles. The number of benzene rings is 2. The van der Waals surface area contributed by atoms with Crippen LogP contribution in [0.2, 0.25) is 0 Å². The van der Waals surface area contributed by atoms with Crippen LogP contribution in [-0.2, 0) is 4.74 Å². The number of fused-ring (bicyclic) bond motifs is 1. The van der Waals surface area contributed by atoms with Gasteiger partial charge in [0, 0.05) is 16.5 Å². The molecule has 134 valence electrons. The van der Waals surface area contributed by atoms with Crippen molar-refractivity contribution in [1.29, 1.82) is 0 Å². The first kappa shape index (κ1) is 17.7. The molecule has 0 fully saturated rings. The molecular weight excluding hydrogens is 328 g/mol. The van der Waals surface area contributed by atoms with Gasteiger partial charge in [-0.2, -0.15) is 0 Å². The highest BCUT2D eigenvalue weighted by Gasteiger charge is 2.21. The number of amides is 1. The Labute approximate surface area is 152 Å². The van der Waals surface area contributed by atoms with E-state index in [2.05, 4.69) is 10.3 Å². The monoisotopic (exact) mass is 350 g/mol. The van der Waals surface area contributed by atoms with Crippen LogP contribution in [0.15, 0.2) is 48.5 Å². The second kappa shape index (κ2) is 6.67. The van der Waals surface area contributed by atoms with E-state index in [1.807, 2.05) is 58.0 Å². The molecule has 0 radical (unpaired) electrons. The Hall–Kier alpha value is -3.08. The molecule has 2 N–H and O–H groups in total. The smallest absolute Gasteiger partial charge is 0.412 e. The van der Waals surface area contributed by atoms with Gasteiger partial charge in [0.2, 0.25) is 5.78 Å². The zero-order valence-electron chi connectivity index (χ0n) is 15.3. The van der Waals surface area contributed by atoms with Crippen molar-refractivity contribution in [2.75, 3.05) is 5.32 Å². The summed E-state index contributed by atoms with van der Waals surface area (Å²) in [6.45, 7) is 7.30. The summed E-state index contributed by atoms with van der Waals surface area (Å²) in [5, 5.41) is 3.59. The van der Waals surface area contributed by atoms with Crippen molar-refractivity contribution in [3.05, 3.63) is 65.4 Å². The van der Waals surface area contributed by atoms with Crippen molar-refractivity contribution in [3.63, 3.8) is 0 Å². The molecule has 1 amide bonds. The van der Waals surface area contributed by atoms with Gasteiger partial charge in [-0.3, -0.25) is 10.1 Å². The Morgan fingerprint density at radius 1 is 1.00 bits per heavy atom. The molecule has 0 bridgehead atoms. The van der Waals surface area contributed by atoms with Crippen LogP contribution in [0.1, 0.15) is 42.4 Å². The second-order valence-electron chi connectivity index (χ2n) is 7.18. The fourth-order valence-electron chi connectivity index (χ4n) is 2.89. The minimum Gasteiger partial charge on any atom is -0.444 e. The van der Waals surface area contributed by atoms with Gasteiger partial charge in [-0.15, -0.1) is 0 Å². The van der Waals surface area contributed by atoms with Gasteiger partial charge in [-0.1, -0.05) is 36.4 Å². The molecule has 0 aliphatic carbocycles. The molecule has 3 rings (SSSR count). The number of aromatic amines is 1. The average molecular weight is 350 g/mol. The molecule has 0 spiro atoms. The number of H-pyrrole nitrogens is 1. The standard InChI is InChI=1S/C21H22N2O3/c1-13-17-15(22-18(13)19(24)14-9-6-5-7-10-14)11-8-12-16(17)23-20(25)26-21(2,3)4/h5-12,22H,1-4H3,(H,23,25). The molecule has 0 unspecified atom stereocenters. The number of ether oxygens (including phenoxy) is 1. The Morgan fingerprint density at radius 3 is 2.35 bits per heavy atom. The highest BCUT2D eigenvalue weighted by atomic mass is 16.6. The Balaban J connectivity index is 1.99. The quantitative estimate of drug-likeness (QED) is 0.649. The normalized spacial score (nSPS) is 11.4. The highest BCUT2D eigenvalue weighted by Crippen LogP contribution is 2.30. The molecule has 26 heavy (non-hydrogen) atoms. The van der Waals surface area contributed by atoms with Crippen LogP contribution in [-0.4, -0.2) is 22.5 Å². The van der Waals surface area contributed by atoms with E-state index in [0.717, 1.165) is 16.5 Å². The van der Waals surface area contributed by atoms with Crippen LogP contribution < -0.4 is 5.32 Å². The summed E-state index contributed by atoms with van der Waals surface area (Å²) in [5.41, 5.74) is 2.74. The van der Waals surface area contributed by atoms with Crippen LogP contribution in [0.3, 0.4) is 0 Å². The topological polar surface area (TPSA) is 71.2 Å². The summed E-state index contributed by atoms with van der Waals surface area (Å²) >= 11 is 0. The third-order valence-electron chi connectivity index (χ3n) is 3.97. The SMILES string of the molecule is Cc1c(C(=O)c2ccccc2)[nH]c2cccc(NC(=O)OC(C)(C)C)c12. The summed E-state index contributed by atoms with van der Waals surface area (Å²) in [4.78, 5) is 28.1. The lowest BCUT2D eigenvalue weighted by Gasteiger charge is -2.20. The van der Waals surface area contributed by atoms with E-state index in [0.29, 0.717) is 16.9 Å². The third kappa shape index (κ3) is 3.61. The first-order valence-electron chi connectivity index (χ1n) is 8.47. The van der Waals surface area contributed by atoms with Gasteiger partial charge in [0.1, 0.15) is 5.60 Å². The number of nitrogens with one attached hydrogen (secondary N) is 2. The van der Waals surface area contributed by atoms with Crippen LogP contribution in [0.5, 0.6) is 0 Å². The third-order valence-corrected chi connectivity index (χ3v) is 3.97. The van der Waals surface area contributed by atoms with Gasteiger partial charge in [0.05, 0.1) is 11.4 Å². The first-order chi connectivity index (χ1) is 12.3. The van der Waals surface area contributed by atoms with E-state index in [4.69, 9.17) is 4.74 Å². The number of rotatable bonds is 3. The zero-order chi connectivity index (χ0) is 18.9. The first-order valence-corrected chi connectivity index (χ1v) is 8.47. The van der Waals surface area contributed by atoms with Crippen molar-refractivity contribution < 1.29 is 14.3 Å². The molecule has 1 heterocycles. The molecular formula is C21H22N2O3. The molecule has 0 saturated carbocycles. The van der Waals surface area contributed by atoms with Gasteiger partial charge in [0.25, 0.3) is 0 Å². The van der Waals surface area contributed by atoms with Gasteiger partial charge < -0.3 is 9.72 Å². The van der Waals surface area contributed by atoms with E-state index in [1.165, 1.54) is 0 Å². The largest absolute Gasteiger partial charge is 0.444 e. The van der Waals surface area contributed by atoms with Gasteiger partial charge in [-0.25, -0.2) is 4.79 Å². The van der Waals surface area contributed by atoms with Crippen molar-refractivity contribution in [2.45, 2.75) is 33.3 Å². The lowest BCUT2D eigenvalue weighted by Crippen LogP contribution is -2.27. The summed E-state index contributed by atoms with van der Waals surface area (Å²) < 4.78 is 5.33. The number of hydrogen-bond acceptors (Lipinski definition) is 3. The predicted octanol–water partition coefficient (Wildman–Crippen LogP) is 5.05. The van der Waals surface area contributed by atoms with Gasteiger partial charge in [-0.05, 0) is 45.4 Å². The lowest BCUT2D eigenvalue weighted by molar-refractivity contribution is 0.0636. The van der Waals surface area contributed by atoms with Crippen molar-refractivity contribution >= 4 is 28.5 Å². The fourth-order valence-corrected chi connectivity index (χ4v) is 2.89. The number of aryl methyl sites for hydroxylation is 1. The van der Waals surface area contributed by atoms with E-state index in [9.17, 15) is 9.59 Å². The maximum absolute atomic E-state index is 12.8. The molecule has 0 atom stereocenters. The van der Waals surface area contributed by atoms with E-state index in [1.54, 1.807) is 18.2 Å². The number of aromatic nitrogens is 1. The van der Waals surface area contributed by atoms with E-state index >= 15 is 0 Å². The van der Waals surface area contributed by atoms with Crippen LogP contribution >= 0.6 is 0 Å². The molecule has 1 aromatic heterocycles.